The molecular weight excluding hydrogens is 216 g/mol. The first-order chi connectivity index (χ1) is 8.86. The van der Waals surface area contributed by atoms with Crippen LogP contribution in [0, 0.1) is 17.8 Å². The van der Waals surface area contributed by atoms with E-state index >= 15 is 0 Å². The van der Waals surface area contributed by atoms with E-state index in [1.807, 2.05) is 6.08 Å². The van der Waals surface area contributed by atoms with E-state index in [9.17, 15) is 0 Å². The molecule has 3 atom stereocenters. The van der Waals surface area contributed by atoms with Gasteiger partial charge in [-0.3, -0.25) is 0 Å². The summed E-state index contributed by atoms with van der Waals surface area (Å²) in [5.74, 6) is 2.08. The molecular formula is C18H24. The van der Waals surface area contributed by atoms with E-state index in [2.05, 4.69) is 56.0 Å². The van der Waals surface area contributed by atoms with Gasteiger partial charge in [-0.25, -0.2) is 0 Å². The maximum Gasteiger partial charge on any atom is 0.00834 e. The summed E-state index contributed by atoms with van der Waals surface area (Å²) >= 11 is 0. The molecule has 0 aromatic carbocycles. The molecule has 96 valence electrons. The third kappa shape index (κ3) is 2.93. The predicted octanol–water partition coefficient (Wildman–Crippen LogP) is 5.22. The van der Waals surface area contributed by atoms with Gasteiger partial charge >= 0.3 is 0 Å². The topological polar surface area (TPSA) is 0 Å². The Hall–Kier alpha value is -1.30. The van der Waals surface area contributed by atoms with Crippen molar-refractivity contribution in [3.05, 3.63) is 60.8 Å². The molecule has 18 heavy (non-hydrogen) atoms. The lowest BCUT2D eigenvalue weighted by Crippen LogP contribution is -2.26. The molecule has 0 saturated heterocycles. The van der Waals surface area contributed by atoms with Crippen molar-refractivity contribution in [1.29, 1.82) is 0 Å². The first-order valence-corrected chi connectivity index (χ1v) is 7.15. The zero-order chi connectivity index (χ0) is 12.8. The van der Waals surface area contributed by atoms with Crippen LogP contribution in [0.25, 0.3) is 0 Å². The minimum absolute atomic E-state index is 0.577. The van der Waals surface area contributed by atoms with Crippen LogP contribution in [-0.4, -0.2) is 0 Å². The fourth-order valence-corrected chi connectivity index (χ4v) is 3.18. The van der Waals surface area contributed by atoms with Gasteiger partial charge in [0.05, 0.1) is 0 Å². The van der Waals surface area contributed by atoms with Crippen LogP contribution in [0.1, 0.15) is 32.6 Å². The smallest absolute Gasteiger partial charge is 0.00834 e. The lowest BCUT2D eigenvalue weighted by Gasteiger charge is -2.36. The van der Waals surface area contributed by atoms with Gasteiger partial charge in [0, 0.05) is 5.92 Å². The number of allylic oxidation sites excluding steroid dienone is 9. The van der Waals surface area contributed by atoms with Gasteiger partial charge in [0.2, 0.25) is 0 Å². The Morgan fingerprint density at radius 3 is 2.94 bits per heavy atom. The van der Waals surface area contributed by atoms with Crippen LogP contribution in [0.15, 0.2) is 60.8 Å². The lowest BCUT2D eigenvalue weighted by atomic mass is 9.68. The van der Waals surface area contributed by atoms with Crippen LogP contribution in [0.5, 0.6) is 0 Å². The van der Waals surface area contributed by atoms with Crippen molar-refractivity contribution in [2.24, 2.45) is 17.8 Å². The van der Waals surface area contributed by atoms with Gasteiger partial charge in [-0.1, -0.05) is 55.2 Å². The fourth-order valence-electron chi connectivity index (χ4n) is 3.18. The highest BCUT2D eigenvalue weighted by Gasteiger charge is 2.31. The van der Waals surface area contributed by atoms with Crippen LogP contribution >= 0.6 is 0 Å². The molecule has 0 aromatic rings. The summed E-state index contributed by atoms with van der Waals surface area (Å²) < 4.78 is 0. The molecule has 0 amide bonds. The summed E-state index contributed by atoms with van der Waals surface area (Å²) in [6.45, 7) is 6.05. The molecule has 2 rings (SSSR count). The summed E-state index contributed by atoms with van der Waals surface area (Å²) in [6.07, 6.45) is 23.1. The van der Waals surface area contributed by atoms with Crippen LogP contribution in [0.4, 0.5) is 0 Å². The Labute approximate surface area is 111 Å². The van der Waals surface area contributed by atoms with Crippen LogP contribution in [-0.2, 0) is 0 Å². The number of fused-ring (bicyclic) bond motifs is 1. The normalized spacial score (nSPS) is 30.3. The minimum Gasteiger partial charge on any atom is -0.0988 e. The minimum atomic E-state index is 0.577. The molecule has 0 aliphatic heterocycles. The zero-order valence-electron chi connectivity index (χ0n) is 11.4. The largest absolute Gasteiger partial charge is 0.0988 e. The summed E-state index contributed by atoms with van der Waals surface area (Å²) in [6, 6.07) is 0. The monoisotopic (exact) mass is 240 g/mol. The van der Waals surface area contributed by atoms with Crippen molar-refractivity contribution in [3.8, 4) is 0 Å². The highest BCUT2D eigenvalue weighted by Crippen LogP contribution is 2.41. The van der Waals surface area contributed by atoms with Crippen LogP contribution in [0.2, 0.25) is 0 Å². The molecule has 0 saturated carbocycles. The second-order valence-corrected chi connectivity index (χ2v) is 5.28. The van der Waals surface area contributed by atoms with E-state index in [4.69, 9.17) is 0 Å². The maximum atomic E-state index is 3.95. The zero-order valence-corrected chi connectivity index (χ0v) is 11.4. The first-order valence-electron chi connectivity index (χ1n) is 7.15. The van der Waals surface area contributed by atoms with Gasteiger partial charge in [0.15, 0.2) is 0 Å². The molecule has 0 N–H and O–H groups in total. The lowest BCUT2D eigenvalue weighted by molar-refractivity contribution is 0.304. The average Bonchev–Trinajstić information content (AvgIpc) is 2.43. The number of rotatable bonds is 5. The second-order valence-electron chi connectivity index (χ2n) is 5.28. The Bertz CT molecular complexity index is 392. The molecule has 0 radical (unpaired) electrons. The van der Waals surface area contributed by atoms with Crippen molar-refractivity contribution >= 4 is 0 Å². The molecule has 0 nitrogen and oxygen atoms in total. The Morgan fingerprint density at radius 1 is 1.33 bits per heavy atom. The quantitative estimate of drug-likeness (QED) is 0.456. The number of hydrogen-bond donors (Lipinski definition) is 0. The van der Waals surface area contributed by atoms with Gasteiger partial charge in [-0.15, -0.1) is 0 Å². The number of unbranched alkanes of at least 4 members (excludes halogenated alkanes) is 1. The van der Waals surface area contributed by atoms with E-state index in [0.29, 0.717) is 11.8 Å². The maximum absolute atomic E-state index is 3.95. The Balaban J connectivity index is 2.00. The summed E-state index contributed by atoms with van der Waals surface area (Å²) in [7, 11) is 0. The van der Waals surface area contributed by atoms with E-state index in [-0.39, 0.29) is 0 Å². The first kappa shape index (κ1) is 13.1. The van der Waals surface area contributed by atoms with Gasteiger partial charge in [0.1, 0.15) is 0 Å². The van der Waals surface area contributed by atoms with E-state index in [0.717, 1.165) is 5.92 Å². The molecule has 2 aliphatic rings. The molecule has 2 aliphatic carbocycles. The molecule has 0 heteroatoms. The van der Waals surface area contributed by atoms with E-state index in [1.165, 1.54) is 31.3 Å². The molecule has 0 fully saturated rings. The van der Waals surface area contributed by atoms with Crippen molar-refractivity contribution in [3.63, 3.8) is 0 Å². The Kier molecular flexibility index (Phi) is 4.81. The third-order valence-corrected chi connectivity index (χ3v) is 4.18. The summed E-state index contributed by atoms with van der Waals surface area (Å²) in [5, 5.41) is 0. The van der Waals surface area contributed by atoms with Crippen molar-refractivity contribution in [2.45, 2.75) is 32.6 Å². The van der Waals surface area contributed by atoms with Crippen LogP contribution in [0.3, 0.4) is 0 Å². The van der Waals surface area contributed by atoms with Gasteiger partial charge < -0.3 is 0 Å². The molecule has 0 bridgehead atoms. The molecule has 0 spiro atoms. The van der Waals surface area contributed by atoms with Gasteiger partial charge in [-0.2, -0.15) is 0 Å². The predicted molar refractivity (Wildman–Crippen MR) is 80.3 cm³/mol. The SMILES string of the molecule is C=CC1=CCC(CCCC=CC)C2C=CC=CC12. The van der Waals surface area contributed by atoms with E-state index < -0.39 is 0 Å². The molecule has 0 aromatic heterocycles. The third-order valence-electron chi connectivity index (χ3n) is 4.18. The van der Waals surface area contributed by atoms with Crippen molar-refractivity contribution < 1.29 is 0 Å². The fraction of sp³-hybridized carbons (Fsp3) is 0.444. The average molecular weight is 240 g/mol. The highest BCUT2D eigenvalue weighted by atomic mass is 14.3. The van der Waals surface area contributed by atoms with E-state index in [1.54, 1.807) is 0 Å². The standard InChI is InChI=1S/C18H24/c1-3-5-6-7-10-16-14-13-15(4-2)17-11-8-9-12-18(16)17/h3-5,8-9,11-13,16-18H,2,6-7,10,14H2,1H3. The van der Waals surface area contributed by atoms with Gasteiger partial charge in [0.25, 0.3) is 0 Å². The van der Waals surface area contributed by atoms with Crippen molar-refractivity contribution in [2.75, 3.05) is 0 Å². The molecule has 0 heterocycles. The number of hydrogen-bond acceptors (Lipinski definition) is 0. The van der Waals surface area contributed by atoms with Crippen LogP contribution < -0.4 is 0 Å². The van der Waals surface area contributed by atoms with Crippen molar-refractivity contribution in [1.82, 2.24) is 0 Å². The summed E-state index contributed by atoms with van der Waals surface area (Å²) in [5.41, 5.74) is 1.42. The highest BCUT2D eigenvalue weighted by molar-refractivity contribution is 5.33. The summed E-state index contributed by atoms with van der Waals surface area (Å²) in [4.78, 5) is 0. The second kappa shape index (κ2) is 6.58. The van der Waals surface area contributed by atoms with Gasteiger partial charge in [-0.05, 0) is 50.0 Å². The molecule has 3 unspecified atom stereocenters. The Morgan fingerprint density at radius 2 is 2.17 bits per heavy atom.